The second-order valence-corrected chi connectivity index (χ2v) is 10.1. The molecule has 0 aliphatic carbocycles. The van der Waals surface area contributed by atoms with Gasteiger partial charge in [0.2, 0.25) is 10.0 Å². The first-order chi connectivity index (χ1) is 14.2. The summed E-state index contributed by atoms with van der Waals surface area (Å²) in [4.78, 5) is 26.7. The molecule has 0 bridgehead atoms. The molecule has 2 heterocycles. The maximum atomic E-state index is 13.1. The number of amides is 1. The molecule has 2 aliphatic rings. The average molecular weight is 441 g/mol. The van der Waals surface area contributed by atoms with Crippen LogP contribution in [0.2, 0.25) is 0 Å². The van der Waals surface area contributed by atoms with E-state index in [1.54, 1.807) is 4.90 Å². The number of ether oxygens (including phenoxy) is 1. The number of carbonyl (C=O) groups is 2. The van der Waals surface area contributed by atoms with Crippen molar-refractivity contribution in [1.29, 1.82) is 0 Å². The smallest absolute Gasteiger partial charge is 0.309 e. The summed E-state index contributed by atoms with van der Waals surface area (Å²) in [7, 11) is -3.73. The predicted octanol–water partition coefficient (Wildman–Crippen LogP) is 2.56. The zero-order valence-electron chi connectivity index (χ0n) is 17.4. The molecular weight excluding hydrogens is 411 g/mol. The summed E-state index contributed by atoms with van der Waals surface area (Å²) < 4.78 is 45.0. The zero-order valence-corrected chi connectivity index (χ0v) is 18.2. The number of hydrogen-bond acceptors (Lipinski definition) is 5. The molecule has 0 saturated carbocycles. The number of rotatable bonds is 5. The first-order valence-corrected chi connectivity index (χ1v) is 11.9. The van der Waals surface area contributed by atoms with E-state index in [1.165, 1.54) is 16.4 Å². The van der Waals surface area contributed by atoms with E-state index >= 15 is 0 Å². The SMILES string of the molecule is CC1CCCC(C)N1C(=O)COC(=O)C1CCN(S(=O)(=O)c2ccc(F)cc2)CC1. The van der Waals surface area contributed by atoms with Gasteiger partial charge in [0.1, 0.15) is 5.82 Å². The van der Waals surface area contributed by atoms with Crippen LogP contribution >= 0.6 is 0 Å². The van der Waals surface area contributed by atoms with E-state index in [0.29, 0.717) is 12.8 Å². The van der Waals surface area contributed by atoms with Gasteiger partial charge in [-0.1, -0.05) is 0 Å². The van der Waals surface area contributed by atoms with Crippen molar-refractivity contribution in [2.24, 2.45) is 5.92 Å². The molecule has 0 aromatic heterocycles. The van der Waals surface area contributed by atoms with Crippen LogP contribution in [0.4, 0.5) is 4.39 Å². The Kier molecular flexibility index (Phi) is 7.13. The molecule has 0 N–H and O–H groups in total. The quantitative estimate of drug-likeness (QED) is 0.657. The Balaban J connectivity index is 1.50. The Hall–Kier alpha value is -2.00. The first-order valence-electron chi connectivity index (χ1n) is 10.4. The minimum Gasteiger partial charge on any atom is -0.455 e. The van der Waals surface area contributed by atoms with Crippen LogP contribution in [-0.4, -0.2) is 61.3 Å². The summed E-state index contributed by atoms with van der Waals surface area (Å²) >= 11 is 0. The molecule has 1 aromatic rings. The fraction of sp³-hybridized carbons (Fsp3) is 0.619. The molecule has 2 unspecified atom stereocenters. The standard InChI is InChI=1S/C21H29FN2O5S/c1-15-4-3-5-16(2)24(15)20(25)14-29-21(26)17-10-12-23(13-11-17)30(27,28)19-8-6-18(22)7-9-19/h6-9,15-17H,3-5,10-14H2,1-2H3. The van der Waals surface area contributed by atoms with Crippen LogP contribution in [0.1, 0.15) is 46.0 Å². The molecule has 7 nitrogen and oxygen atoms in total. The molecule has 2 aliphatic heterocycles. The fourth-order valence-electron chi connectivity index (χ4n) is 4.33. The number of carbonyl (C=O) groups excluding carboxylic acids is 2. The van der Waals surface area contributed by atoms with E-state index in [4.69, 9.17) is 4.74 Å². The summed E-state index contributed by atoms with van der Waals surface area (Å²) in [6, 6.07) is 4.97. The number of halogens is 1. The second-order valence-electron chi connectivity index (χ2n) is 8.17. The lowest BCUT2D eigenvalue weighted by molar-refractivity contribution is -0.158. The maximum absolute atomic E-state index is 13.1. The van der Waals surface area contributed by atoms with E-state index < -0.39 is 27.7 Å². The molecule has 1 aromatic carbocycles. The monoisotopic (exact) mass is 440 g/mol. The molecule has 3 rings (SSSR count). The maximum Gasteiger partial charge on any atom is 0.309 e. The van der Waals surface area contributed by atoms with Gasteiger partial charge in [-0.05, 0) is 70.2 Å². The molecule has 0 radical (unpaired) electrons. The van der Waals surface area contributed by atoms with Crippen molar-refractivity contribution in [2.45, 2.75) is 62.9 Å². The van der Waals surface area contributed by atoms with E-state index in [-0.39, 0.29) is 42.6 Å². The van der Waals surface area contributed by atoms with Crippen LogP contribution in [0.3, 0.4) is 0 Å². The number of hydrogen-bond donors (Lipinski definition) is 0. The molecule has 166 valence electrons. The third kappa shape index (κ3) is 5.00. The van der Waals surface area contributed by atoms with Gasteiger partial charge in [0.15, 0.2) is 6.61 Å². The lowest BCUT2D eigenvalue weighted by Crippen LogP contribution is -2.49. The van der Waals surface area contributed by atoms with Gasteiger partial charge < -0.3 is 9.64 Å². The highest BCUT2D eigenvalue weighted by Crippen LogP contribution is 2.26. The molecule has 2 saturated heterocycles. The van der Waals surface area contributed by atoms with Gasteiger partial charge in [0.25, 0.3) is 5.91 Å². The van der Waals surface area contributed by atoms with Crippen molar-refractivity contribution in [2.75, 3.05) is 19.7 Å². The lowest BCUT2D eigenvalue weighted by atomic mass is 9.97. The van der Waals surface area contributed by atoms with E-state index in [0.717, 1.165) is 31.4 Å². The third-order valence-corrected chi connectivity index (χ3v) is 7.97. The van der Waals surface area contributed by atoms with Crippen LogP contribution in [-0.2, 0) is 24.3 Å². The number of sulfonamides is 1. The predicted molar refractivity (Wildman–Crippen MR) is 108 cm³/mol. The van der Waals surface area contributed by atoms with E-state index in [1.807, 2.05) is 13.8 Å². The van der Waals surface area contributed by atoms with Crippen LogP contribution < -0.4 is 0 Å². The van der Waals surface area contributed by atoms with Crippen LogP contribution in [0.15, 0.2) is 29.2 Å². The van der Waals surface area contributed by atoms with Gasteiger partial charge in [-0.15, -0.1) is 0 Å². The van der Waals surface area contributed by atoms with Crippen molar-refractivity contribution >= 4 is 21.9 Å². The minimum atomic E-state index is -3.73. The highest BCUT2D eigenvalue weighted by atomic mass is 32.2. The van der Waals surface area contributed by atoms with Crippen molar-refractivity contribution in [3.63, 3.8) is 0 Å². The van der Waals surface area contributed by atoms with Gasteiger partial charge in [-0.2, -0.15) is 4.31 Å². The minimum absolute atomic E-state index is 0.0281. The summed E-state index contributed by atoms with van der Waals surface area (Å²) in [5, 5.41) is 0. The van der Waals surface area contributed by atoms with Gasteiger partial charge in [0, 0.05) is 25.2 Å². The number of likely N-dealkylation sites (tertiary alicyclic amines) is 1. The fourth-order valence-corrected chi connectivity index (χ4v) is 5.80. The molecule has 30 heavy (non-hydrogen) atoms. The second kappa shape index (κ2) is 9.43. The van der Waals surface area contributed by atoms with Crippen molar-refractivity contribution < 1.29 is 27.1 Å². The summed E-state index contributed by atoms with van der Waals surface area (Å²) in [5.41, 5.74) is 0. The van der Waals surface area contributed by atoms with Gasteiger partial charge in [0.05, 0.1) is 10.8 Å². The van der Waals surface area contributed by atoms with Crippen molar-refractivity contribution in [3.05, 3.63) is 30.1 Å². The third-order valence-electron chi connectivity index (χ3n) is 6.06. The molecule has 2 atom stereocenters. The number of benzene rings is 1. The van der Waals surface area contributed by atoms with E-state index in [9.17, 15) is 22.4 Å². The topological polar surface area (TPSA) is 84.0 Å². The Morgan fingerprint density at radius 2 is 1.60 bits per heavy atom. The zero-order chi connectivity index (χ0) is 21.9. The highest BCUT2D eigenvalue weighted by Gasteiger charge is 2.34. The van der Waals surface area contributed by atoms with Gasteiger partial charge >= 0.3 is 5.97 Å². The molecule has 1 amide bonds. The molecule has 9 heteroatoms. The molecule has 0 spiro atoms. The van der Waals surface area contributed by atoms with Crippen LogP contribution in [0.25, 0.3) is 0 Å². The van der Waals surface area contributed by atoms with Gasteiger partial charge in [-0.25, -0.2) is 12.8 Å². The molecular formula is C21H29FN2O5S. The largest absolute Gasteiger partial charge is 0.455 e. The van der Waals surface area contributed by atoms with Crippen molar-refractivity contribution in [3.8, 4) is 0 Å². The number of esters is 1. The van der Waals surface area contributed by atoms with Crippen LogP contribution in [0.5, 0.6) is 0 Å². The Labute approximate surface area is 177 Å². The number of piperidine rings is 2. The number of nitrogens with zero attached hydrogens (tertiary/aromatic N) is 2. The summed E-state index contributed by atoms with van der Waals surface area (Å²) in [6.45, 7) is 4.09. The highest BCUT2D eigenvalue weighted by molar-refractivity contribution is 7.89. The van der Waals surface area contributed by atoms with Crippen LogP contribution in [0, 0.1) is 11.7 Å². The van der Waals surface area contributed by atoms with Crippen molar-refractivity contribution in [1.82, 2.24) is 9.21 Å². The molecule has 2 fully saturated rings. The normalized spacial score (nSPS) is 23.9. The Bertz CT molecular complexity index is 856. The summed E-state index contributed by atoms with van der Waals surface area (Å²) in [6.07, 6.45) is 3.63. The van der Waals surface area contributed by atoms with Gasteiger partial charge in [-0.3, -0.25) is 9.59 Å². The Morgan fingerprint density at radius 1 is 1.03 bits per heavy atom. The average Bonchev–Trinajstić information content (AvgIpc) is 2.72. The Morgan fingerprint density at radius 3 is 2.17 bits per heavy atom. The summed E-state index contributed by atoms with van der Waals surface area (Å²) in [5.74, 6) is -1.58. The lowest BCUT2D eigenvalue weighted by Gasteiger charge is -2.39. The van der Waals surface area contributed by atoms with E-state index in [2.05, 4.69) is 0 Å². The first kappa shape index (κ1) is 22.7.